The van der Waals surface area contributed by atoms with E-state index in [2.05, 4.69) is 17.8 Å². The zero-order chi connectivity index (χ0) is 16.9. The number of nitrogens with zero attached hydrogens (tertiary/aromatic N) is 1. The van der Waals surface area contributed by atoms with Crippen molar-refractivity contribution >= 4 is 5.91 Å². The summed E-state index contributed by atoms with van der Waals surface area (Å²) in [7, 11) is 0. The molecule has 0 spiro atoms. The number of nitrogens with one attached hydrogen (secondary N) is 2. The number of aliphatic hydroxyl groups excluding tert-OH is 1. The van der Waals surface area contributed by atoms with Gasteiger partial charge < -0.3 is 10.0 Å². The van der Waals surface area contributed by atoms with Gasteiger partial charge in [-0.15, -0.1) is 0 Å². The molecule has 0 saturated carbocycles. The summed E-state index contributed by atoms with van der Waals surface area (Å²) in [5.74, 6) is 0.438. The molecule has 132 valence electrons. The number of hydrogen-bond donors (Lipinski definition) is 3. The Morgan fingerprint density at radius 2 is 1.96 bits per heavy atom. The van der Waals surface area contributed by atoms with Crippen molar-refractivity contribution < 1.29 is 9.90 Å². The summed E-state index contributed by atoms with van der Waals surface area (Å²) >= 11 is 0. The van der Waals surface area contributed by atoms with Crippen LogP contribution in [0.5, 0.6) is 0 Å². The first-order valence-electron chi connectivity index (χ1n) is 9.22. The Labute approximate surface area is 144 Å². The number of likely N-dealkylation sites (tertiary alicyclic amines) is 1. The van der Waals surface area contributed by atoms with Crippen molar-refractivity contribution in [3.63, 3.8) is 0 Å². The summed E-state index contributed by atoms with van der Waals surface area (Å²) in [6.07, 6.45) is 4.40. The fourth-order valence-electron chi connectivity index (χ4n) is 3.90. The normalized spacial score (nSPS) is 26.5. The number of carbonyl (C=O) groups is 1. The molecule has 2 aliphatic rings. The van der Waals surface area contributed by atoms with Crippen molar-refractivity contribution in [2.75, 3.05) is 13.1 Å². The third-order valence-electron chi connectivity index (χ3n) is 5.36. The van der Waals surface area contributed by atoms with Crippen molar-refractivity contribution in [3.05, 3.63) is 35.9 Å². The first-order chi connectivity index (χ1) is 11.7. The van der Waals surface area contributed by atoms with Gasteiger partial charge in [-0.05, 0) is 37.2 Å². The van der Waals surface area contributed by atoms with Crippen LogP contribution >= 0.6 is 0 Å². The highest BCUT2D eigenvalue weighted by atomic mass is 16.3. The van der Waals surface area contributed by atoms with Gasteiger partial charge in [-0.3, -0.25) is 10.2 Å². The Balaban J connectivity index is 1.49. The van der Waals surface area contributed by atoms with Gasteiger partial charge in [0.2, 0.25) is 5.91 Å². The van der Waals surface area contributed by atoms with Gasteiger partial charge in [0.05, 0.1) is 6.10 Å². The zero-order valence-electron chi connectivity index (χ0n) is 14.4. The molecule has 5 nitrogen and oxygen atoms in total. The first-order valence-corrected chi connectivity index (χ1v) is 9.22. The number of hydrogen-bond acceptors (Lipinski definition) is 4. The van der Waals surface area contributed by atoms with E-state index in [0.717, 1.165) is 50.8 Å². The Morgan fingerprint density at radius 1 is 1.25 bits per heavy atom. The van der Waals surface area contributed by atoms with E-state index < -0.39 is 6.10 Å². The van der Waals surface area contributed by atoms with Crippen molar-refractivity contribution in [3.8, 4) is 0 Å². The lowest BCUT2D eigenvalue weighted by atomic mass is 9.87. The van der Waals surface area contributed by atoms with Crippen molar-refractivity contribution in [1.82, 2.24) is 15.8 Å². The van der Waals surface area contributed by atoms with E-state index in [1.165, 1.54) is 0 Å². The van der Waals surface area contributed by atoms with Crippen LogP contribution < -0.4 is 10.9 Å². The summed E-state index contributed by atoms with van der Waals surface area (Å²) < 4.78 is 0. The summed E-state index contributed by atoms with van der Waals surface area (Å²) in [4.78, 5) is 14.6. The van der Waals surface area contributed by atoms with Crippen LogP contribution in [0.3, 0.4) is 0 Å². The minimum absolute atomic E-state index is 0.0999. The van der Waals surface area contributed by atoms with Crippen LogP contribution in [0.4, 0.5) is 0 Å². The summed E-state index contributed by atoms with van der Waals surface area (Å²) in [6, 6.07) is 10.1. The molecule has 0 aromatic heterocycles. The maximum absolute atomic E-state index is 12.7. The SMILES string of the molecule is CCCC1CC(C(=O)N2CCC(C(O)c3ccccc3)CC2)NN1. The van der Waals surface area contributed by atoms with Crippen LogP contribution in [-0.4, -0.2) is 41.1 Å². The lowest BCUT2D eigenvalue weighted by Crippen LogP contribution is -2.48. The molecule has 3 N–H and O–H groups in total. The lowest BCUT2D eigenvalue weighted by Gasteiger charge is -2.35. The maximum Gasteiger partial charge on any atom is 0.241 e. The Kier molecular flexibility index (Phi) is 5.87. The molecule has 2 heterocycles. The van der Waals surface area contributed by atoms with Crippen LogP contribution in [0, 0.1) is 5.92 Å². The van der Waals surface area contributed by atoms with E-state index in [1.54, 1.807) is 0 Å². The highest BCUT2D eigenvalue weighted by Gasteiger charge is 2.34. The van der Waals surface area contributed by atoms with E-state index in [4.69, 9.17) is 0 Å². The molecule has 2 fully saturated rings. The molecule has 0 radical (unpaired) electrons. The smallest absolute Gasteiger partial charge is 0.241 e. The number of hydrazine groups is 1. The zero-order valence-corrected chi connectivity index (χ0v) is 14.4. The number of carbonyl (C=O) groups excluding carboxylic acids is 1. The molecule has 1 amide bonds. The Bertz CT molecular complexity index is 529. The Hall–Kier alpha value is -1.43. The summed E-state index contributed by atoms with van der Waals surface area (Å²) in [5, 5.41) is 10.5. The molecule has 3 unspecified atom stereocenters. The number of aliphatic hydroxyl groups is 1. The standard InChI is InChI=1S/C19H29N3O2/c1-2-6-16-13-17(21-20-16)19(24)22-11-9-15(10-12-22)18(23)14-7-4-3-5-8-14/h3-5,7-8,15-18,20-21,23H,2,6,9-13H2,1H3. The van der Waals surface area contributed by atoms with Gasteiger partial charge in [-0.2, -0.15) is 0 Å². The largest absolute Gasteiger partial charge is 0.388 e. The minimum atomic E-state index is -0.427. The molecule has 24 heavy (non-hydrogen) atoms. The van der Waals surface area contributed by atoms with Gasteiger partial charge >= 0.3 is 0 Å². The second kappa shape index (κ2) is 8.10. The molecule has 1 aromatic rings. The summed E-state index contributed by atoms with van der Waals surface area (Å²) in [6.45, 7) is 3.65. The van der Waals surface area contributed by atoms with E-state index in [-0.39, 0.29) is 17.9 Å². The predicted molar refractivity (Wildman–Crippen MR) is 94.1 cm³/mol. The van der Waals surface area contributed by atoms with Gasteiger partial charge in [0, 0.05) is 19.1 Å². The van der Waals surface area contributed by atoms with Crippen LogP contribution in [0.15, 0.2) is 30.3 Å². The third kappa shape index (κ3) is 3.97. The van der Waals surface area contributed by atoms with Gasteiger partial charge in [0.1, 0.15) is 6.04 Å². The minimum Gasteiger partial charge on any atom is -0.388 e. The highest BCUT2D eigenvalue weighted by Crippen LogP contribution is 2.31. The fourth-order valence-corrected chi connectivity index (χ4v) is 3.90. The predicted octanol–water partition coefficient (Wildman–Crippen LogP) is 1.99. The molecule has 2 aliphatic heterocycles. The molecular weight excluding hydrogens is 302 g/mol. The second-order valence-electron chi connectivity index (χ2n) is 7.08. The van der Waals surface area contributed by atoms with Crippen LogP contribution in [-0.2, 0) is 4.79 Å². The van der Waals surface area contributed by atoms with Gasteiger partial charge in [0.15, 0.2) is 0 Å². The van der Waals surface area contributed by atoms with E-state index >= 15 is 0 Å². The van der Waals surface area contributed by atoms with E-state index in [0.29, 0.717) is 6.04 Å². The van der Waals surface area contributed by atoms with E-state index in [1.807, 2.05) is 35.2 Å². The fraction of sp³-hybridized carbons (Fsp3) is 0.632. The van der Waals surface area contributed by atoms with Gasteiger partial charge in [0.25, 0.3) is 0 Å². The quantitative estimate of drug-likeness (QED) is 0.772. The molecule has 1 aromatic carbocycles. The first kappa shape index (κ1) is 17.4. The molecular formula is C19H29N3O2. The number of rotatable bonds is 5. The highest BCUT2D eigenvalue weighted by molar-refractivity contribution is 5.82. The van der Waals surface area contributed by atoms with Crippen LogP contribution in [0.1, 0.15) is 50.7 Å². The average Bonchev–Trinajstić information content (AvgIpc) is 3.10. The average molecular weight is 331 g/mol. The van der Waals surface area contributed by atoms with Crippen molar-refractivity contribution in [1.29, 1.82) is 0 Å². The number of piperidine rings is 1. The van der Waals surface area contributed by atoms with Crippen molar-refractivity contribution in [2.24, 2.45) is 5.92 Å². The van der Waals surface area contributed by atoms with Crippen LogP contribution in [0.2, 0.25) is 0 Å². The third-order valence-corrected chi connectivity index (χ3v) is 5.36. The van der Waals surface area contributed by atoms with E-state index in [9.17, 15) is 9.90 Å². The molecule has 2 saturated heterocycles. The van der Waals surface area contributed by atoms with Crippen molar-refractivity contribution in [2.45, 2.75) is 57.2 Å². The monoisotopic (exact) mass is 331 g/mol. The number of amides is 1. The maximum atomic E-state index is 12.7. The molecule has 5 heteroatoms. The molecule has 0 aliphatic carbocycles. The van der Waals surface area contributed by atoms with Crippen LogP contribution in [0.25, 0.3) is 0 Å². The summed E-state index contributed by atoms with van der Waals surface area (Å²) in [5.41, 5.74) is 7.37. The Morgan fingerprint density at radius 3 is 2.62 bits per heavy atom. The number of benzene rings is 1. The van der Waals surface area contributed by atoms with Gasteiger partial charge in [-0.25, -0.2) is 5.43 Å². The topological polar surface area (TPSA) is 64.6 Å². The second-order valence-corrected chi connectivity index (χ2v) is 7.08. The molecule has 0 bridgehead atoms. The molecule has 3 rings (SSSR count). The molecule has 3 atom stereocenters. The lowest BCUT2D eigenvalue weighted by molar-refractivity contribution is -0.135. The van der Waals surface area contributed by atoms with Gasteiger partial charge in [-0.1, -0.05) is 43.7 Å².